The maximum absolute atomic E-state index is 12.8. The van der Waals surface area contributed by atoms with Gasteiger partial charge in [0.1, 0.15) is 0 Å². The highest BCUT2D eigenvalue weighted by atomic mass is 16.6. The third kappa shape index (κ3) is 3.85. The number of nitro benzene ring substituents is 4. The second kappa shape index (κ2) is 9.50. The standard InChI is InChI=1S/C24H16N4O12/c1-9-14(25(31)32)7-16(27(35)36)21-12(23(29)39-3)5-11-6-13(24(30)40-4)22-17(28(37)38)8-15(26(33)34)10(2)19(22)20(11)18(9)21/h5-8H,1-4H3. The van der Waals surface area contributed by atoms with Gasteiger partial charge in [-0.05, 0) is 36.8 Å². The molecule has 0 bridgehead atoms. The van der Waals surface area contributed by atoms with E-state index >= 15 is 0 Å². The Bertz CT molecular complexity index is 1760. The summed E-state index contributed by atoms with van der Waals surface area (Å²) in [6.45, 7) is 2.48. The van der Waals surface area contributed by atoms with Crippen LogP contribution < -0.4 is 0 Å². The molecular formula is C24H16N4O12. The molecule has 0 amide bonds. The van der Waals surface area contributed by atoms with Crippen LogP contribution in [-0.4, -0.2) is 45.9 Å². The van der Waals surface area contributed by atoms with E-state index in [0.29, 0.717) is 12.1 Å². The van der Waals surface area contributed by atoms with Crippen molar-refractivity contribution in [2.45, 2.75) is 13.8 Å². The van der Waals surface area contributed by atoms with Crippen LogP contribution in [0.15, 0.2) is 24.3 Å². The van der Waals surface area contributed by atoms with Gasteiger partial charge in [-0.15, -0.1) is 0 Å². The van der Waals surface area contributed by atoms with Gasteiger partial charge in [0, 0.05) is 21.9 Å². The molecule has 0 fully saturated rings. The predicted octanol–water partition coefficient (Wildman–Crippen LogP) is 4.97. The van der Waals surface area contributed by atoms with Crippen molar-refractivity contribution in [2.75, 3.05) is 14.2 Å². The number of methoxy groups -OCH3 is 2. The van der Waals surface area contributed by atoms with Crippen LogP contribution in [0.3, 0.4) is 0 Å². The molecule has 0 atom stereocenters. The number of hydrogen-bond acceptors (Lipinski definition) is 12. The lowest BCUT2D eigenvalue weighted by Crippen LogP contribution is -2.09. The van der Waals surface area contributed by atoms with Crippen molar-refractivity contribution in [3.8, 4) is 0 Å². The highest BCUT2D eigenvalue weighted by molar-refractivity contribution is 6.31. The molecule has 0 N–H and O–H groups in total. The van der Waals surface area contributed by atoms with Crippen LogP contribution in [0.5, 0.6) is 0 Å². The quantitative estimate of drug-likeness (QED) is 0.134. The molecule has 0 aliphatic heterocycles. The first-order valence-electron chi connectivity index (χ1n) is 11.0. The molecule has 0 aromatic heterocycles. The Kier molecular flexibility index (Phi) is 6.47. The number of nitrogens with zero attached hydrogens (tertiary/aromatic N) is 4. The fraction of sp³-hybridized carbons (Fsp3) is 0.167. The molecule has 4 aromatic carbocycles. The van der Waals surface area contributed by atoms with Crippen molar-refractivity contribution in [3.05, 3.63) is 87.0 Å². The summed E-state index contributed by atoms with van der Waals surface area (Å²) < 4.78 is 9.58. The molecule has 40 heavy (non-hydrogen) atoms. The molecule has 4 rings (SSSR count). The summed E-state index contributed by atoms with van der Waals surface area (Å²) in [7, 11) is 2.00. The first-order valence-corrected chi connectivity index (χ1v) is 11.0. The van der Waals surface area contributed by atoms with Gasteiger partial charge in [-0.1, -0.05) is 0 Å². The van der Waals surface area contributed by atoms with Gasteiger partial charge < -0.3 is 9.47 Å². The van der Waals surface area contributed by atoms with Crippen LogP contribution >= 0.6 is 0 Å². The Morgan fingerprint density at radius 3 is 1.15 bits per heavy atom. The molecule has 16 heteroatoms. The molecular weight excluding hydrogens is 536 g/mol. The van der Waals surface area contributed by atoms with Crippen LogP contribution in [0.25, 0.3) is 32.3 Å². The van der Waals surface area contributed by atoms with E-state index in [-0.39, 0.29) is 32.7 Å². The van der Waals surface area contributed by atoms with Crippen LogP contribution in [0, 0.1) is 54.3 Å². The largest absolute Gasteiger partial charge is 0.465 e. The van der Waals surface area contributed by atoms with Gasteiger partial charge in [0.2, 0.25) is 0 Å². The molecule has 0 saturated carbocycles. The second-order valence-electron chi connectivity index (χ2n) is 8.54. The van der Waals surface area contributed by atoms with E-state index in [1.165, 1.54) is 13.8 Å². The number of fused-ring (bicyclic) bond motifs is 5. The minimum absolute atomic E-state index is 0.0448. The van der Waals surface area contributed by atoms with E-state index in [1.54, 1.807) is 0 Å². The topological polar surface area (TPSA) is 225 Å². The Balaban J connectivity index is 2.59. The Hall–Kier alpha value is -5.80. The monoisotopic (exact) mass is 552 g/mol. The number of non-ortho nitro benzene ring substituents is 2. The number of ether oxygens (including phenoxy) is 2. The number of aryl methyl sites for hydroxylation is 2. The molecule has 0 aliphatic rings. The van der Waals surface area contributed by atoms with Crippen LogP contribution in [0.2, 0.25) is 0 Å². The molecule has 0 unspecified atom stereocenters. The highest BCUT2D eigenvalue weighted by Gasteiger charge is 2.34. The van der Waals surface area contributed by atoms with E-state index in [0.717, 1.165) is 26.4 Å². The second-order valence-corrected chi connectivity index (χ2v) is 8.54. The Labute approximate surface area is 221 Å². The summed E-state index contributed by atoms with van der Waals surface area (Å²) in [6.07, 6.45) is 0. The van der Waals surface area contributed by atoms with E-state index in [1.807, 2.05) is 0 Å². The van der Waals surface area contributed by atoms with Gasteiger partial charge in [-0.25, -0.2) is 9.59 Å². The van der Waals surface area contributed by atoms with Crippen LogP contribution in [0.4, 0.5) is 22.7 Å². The lowest BCUT2D eigenvalue weighted by atomic mass is 9.85. The van der Waals surface area contributed by atoms with Crippen molar-refractivity contribution in [1.29, 1.82) is 0 Å². The van der Waals surface area contributed by atoms with E-state index in [4.69, 9.17) is 9.47 Å². The molecule has 0 heterocycles. The first-order chi connectivity index (χ1) is 18.8. The maximum atomic E-state index is 12.8. The summed E-state index contributed by atoms with van der Waals surface area (Å²) >= 11 is 0. The number of carbonyl (C=O) groups is 2. The molecule has 4 aromatic rings. The van der Waals surface area contributed by atoms with E-state index in [2.05, 4.69) is 0 Å². The summed E-state index contributed by atoms with van der Waals surface area (Å²) in [5.74, 6) is -2.13. The van der Waals surface area contributed by atoms with Gasteiger partial charge in [0.15, 0.2) is 0 Å². The average molecular weight is 552 g/mol. The number of benzene rings is 4. The van der Waals surface area contributed by atoms with Gasteiger partial charge in [-0.2, -0.15) is 0 Å². The SMILES string of the molecule is COC(=O)c1cc2cc(C(=O)OC)c3c([N+](=O)[O-])cc([N+](=O)[O-])c(C)c3c2c2c(C)c([N+](=O)[O-])cc([N+](=O)[O-])c12. The van der Waals surface area contributed by atoms with Crippen LogP contribution in [-0.2, 0) is 9.47 Å². The van der Waals surface area contributed by atoms with Gasteiger partial charge >= 0.3 is 11.9 Å². The molecule has 0 aliphatic carbocycles. The number of hydrogen-bond donors (Lipinski definition) is 0. The summed E-state index contributed by atoms with van der Waals surface area (Å²) in [5, 5.41) is 46.5. The van der Waals surface area contributed by atoms with E-state index in [9.17, 15) is 50.0 Å². The van der Waals surface area contributed by atoms with E-state index < -0.39 is 76.3 Å². The molecule has 0 radical (unpaired) electrons. The molecule has 204 valence electrons. The Morgan fingerprint density at radius 2 is 0.875 bits per heavy atom. The smallest absolute Gasteiger partial charge is 0.338 e. The minimum atomic E-state index is -1.07. The molecule has 16 nitrogen and oxygen atoms in total. The normalized spacial score (nSPS) is 11.0. The van der Waals surface area contributed by atoms with Crippen molar-refractivity contribution < 1.29 is 38.8 Å². The molecule has 0 saturated heterocycles. The summed E-state index contributed by atoms with van der Waals surface area (Å²) in [5.41, 5.74) is -4.29. The molecule has 0 spiro atoms. The van der Waals surface area contributed by atoms with Gasteiger partial charge in [-0.3, -0.25) is 40.5 Å². The minimum Gasteiger partial charge on any atom is -0.465 e. The van der Waals surface area contributed by atoms with Crippen LogP contribution in [0.1, 0.15) is 31.8 Å². The average Bonchev–Trinajstić information content (AvgIpc) is 2.90. The van der Waals surface area contributed by atoms with Crippen molar-refractivity contribution in [1.82, 2.24) is 0 Å². The maximum Gasteiger partial charge on any atom is 0.338 e. The fourth-order valence-corrected chi connectivity index (χ4v) is 4.94. The highest BCUT2D eigenvalue weighted by Crippen LogP contribution is 2.48. The number of esters is 2. The lowest BCUT2D eigenvalue weighted by molar-refractivity contribution is -0.393. The van der Waals surface area contributed by atoms with Crippen molar-refractivity contribution in [3.63, 3.8) is 0 Å². The summed E-state index contributed by atoms with van der Waals surface area (Å²) in [6, 6.07) is 3.55. The zero-order chi connectivity index (χ0) is 29.8. The fourth-order valence-electron chi connectivity index (χ4n) is 4.94. The van der Waals surface area contributed by atoms with Crippen molar-refractivity contribution >= 4 is 67.0 Å². The number of nitro groups is 4. The summed E-state index contributed by atoms with van der Waals surface area (Å²) in [4.78, 5) is 70.0. The number of rotatable bonds is 6. The lowest BCUT2D eigenvalue weighted by Gasteiger charge is -2.17. The zero-order valence-corrected chi connectivity index (χ0v) is 21.0. The predicted molar refractivity (Wildman–Crippen MR) is 138 cm³/mol. The zero-order valence-electron chi connectivity index (χ0n) is 21.0. The van der Waals surface area contributed by atoms with Crippen molar-refractivity contribution in [2.24, 2.45) is 0 Å². The first kappa shape index (κ1) is 27.2. The van der Waals surface area contributed by atoms with Gasteiger partial charge in [0.05, 0.1) is 67.9 Å². The van der Waals surface area contributed by atoms with Gasteiger partial charge in [0.25, 0.3) is 22.7 Å². The third-order valence-electron chi connectivity index (χ3n) is 6.60. The number of carbonyl (C=O) groups excluding carboxylic acids is 2. The Morgan fingerprint density at radius 1 is 0.550 bits per heavy atom. The third-order valence-corrected chi connectivity index (χ3v) is 6.60.